The fourth-order valence-electron chi connectivity index (χ4n) is 4.07. The molecular weight excluding hydrogens is 446 g/mol. The zero-order chi connectivity index (χ0) is 24.2. The van der Waals surface area contributed by atoms with Crippen molar-refractivity contribution < 1.29 is 23.0 Å². The number of likely N-dealkylation sites (tertiary alicyclic amines) is 1. The second-order valence-corrected chi connectivity index (χ2v) is 9.60. The van der Waals surface area contributed by atoms with Gasteiger partial charge in [0.1, 0.15) is 23.0 Å². The van der Waals surface area contributed by atoms with E-state index in [1.54, 1.807) is 24.3 Å². The van der Waals surface area contributed by atoms with Crippen molar-refractivity contribution in [1.82, 2.24) is 10.2 Å². The van der Waals surface area contributed by atoms with Gasteiger partial charge in [0.2, 0.25) is 0 Å². The summed E-state index contributed by atoms with van der Waals surface area (Å²) in [4.78, 5) is 14.8. The topological polar surface area (TPSA) is 50.8 Å². The van der Waals surface area contributed by atoms with Crippen molar-refractivity contribution in [3.8, 4) is 5.75 Å². The fraction of sp³-hybridized carbons (Fsp3) is 0.440. The number of methoxy groups -OCH3 is 1. The molecule has 3 rings (SSSR count). The number of amides is 1. The van der Waals surface area contributed by atoms with Crippen molar-refractivity contribution in [3.05, 3.63) is 65.2 Å². The summed E-state index contributed by atoms with van der Waals surface area (Å²) in [7, 11) is 1.49. The molecule has 1 fully saturated rings. The highest BCUT2D eigenvalue weighted by atomic mass is 32.1. The van der Waals surface area contributed by atoms with Crippen LogP contribution in [0.5, 0.6) is 5.75 Å². The number of benzene rings is 2. The van der Waals surface area contributed by atoms with Gasteiger partial charge in [-0.1, -0.05) is 12.1 Å². The Morgan fingerprint density at radius 2 is 1.82 bits per heavy atom. The highest BCUT2D eigenvalue weighted by Gasteiger charge is 2.40. The molecule has 33 heavy (non-hydrogen) atoms. The number of para-hydroxylation sites is 1. The van der Waals surface area contributed by atoms with Crippen LogP contribution in [0.1, 0.15) is 49.5 Å². The number of nitrogens with one attached hydrogen (secondary N) is 1. The highest BCUT2D eigenvalue weighted by Crippen LogP contribution is 2.37. The van der Waals surface area contributed by atoms with Gasteiger partial charge in [0, 0.05) is 25.0 Å². The minimum absolute atomic E-state index is 0.144. The van der Waals surface area contributed by atoms with E-state index < -0.39 is 22.7 Å². The SMILES string of the molecule is COc1ccccc1C(=O)NCC1(c2cc(F)ccc2F)CCN(C(=S)OC(C)(C)C)CC1. The molecule has 0 aliphatic carbocycles. The van der Waals surface area contributed by atoms with Crippen molar-refractivity contribution in [3.63, 3.8) is 0 Å². The molecule has 0 bridgehead atoms. The number of nitrogens with zero attached hydrogens (tertiary/aromatic N) is 1. The van der Waals surface area contributed by atoms with Crippen LogP contribution in [0.3, 0.4) is 0 Å². The molecule has 178 valence electrons. The predicted molar refractivity (Wildman–Crippen MR) is 128 cm³/mol. The Morgan fingerprint density at radius 1 is 1.15 bits per heavy atom. The second kappa shape index (κ2) is 10.0. The van der Waals surface area contributed by atoms with Crippen LogP contribution in [0.25, 0.3) is 0 Å². The molecule has 0 unspecified atom stereocenters. The first-order valence-corrected chi connectivity index (χ1v) is 11.3. The van der Waals surface area contributed by atoms with Gasteiger partial charge >= 0.3 is 0 Å². The lowest BCUT2D eigenvalue weighted by Crippen LogP contribution is -2.51. The number of ether oxygens (including phenoxy) is 2. The van der Waals surface area contributed by atoms with Crippen LogP contribution >= 0.6 is 12.2 Å². The van der Waals surface area contributed by atoms with Crippen LogP contribution in [-0.2, 0) is 10.2 Å². The van der Waals surface area contributed by atoms with E-state index in [-0.39, 0.29) is 18.0 Å². The third-order valence-electron chi connectivity index (χ3n) is 5.81. The molecule has 0 saturated carbocycles. The number of rotatable bonds is 5. The van der Waals surface area contributed by atoms with E-state index in [1.807, 2.05) is 25.7 Å². The molecule has 2 aromatic rings. The smallest absolute Gasteiger partial charge is 0.259 e. The van der Waals surface area contributed by atoms with Gasteiger partial charge in [0.15, 0.2) is 0 Å². The average Bonchev–Trinajstić information content (AvgIpc) is 2.78. The zero-order valence-corrected chi connectivity index (χ0v) is 20.2. The second-order valence-electron chi connectivity index (χ2n) is 9.25. The van der Waals surface area contributed by atoms with Gasteiger partial charge in [-0.3, -0.25) is 4.79 Å². The number of hydrogen-bond acceptors (Lipinski definition) is 4. The van der Waals surface area contributed by atoms with Gasteiger partial charge in [-0.2, -0.15) is 0 Å². The Hall–Kier alpha value is -2.74. The Morgan fingerprint density at radius 3 is 2.45 bits per heavy atom. The molecule has 1 N–H and O–H groups in total. The lowest BCUT2D eigenvalue weighted by atomic mass is 9.72. The average molecular weight is 477 g/mol. The van der Waals surface area contributed by atoms with E-state index in [9.17, 15) is 13.6 Å². The maximum atomic E-state index is 14.9. The van der Waals surface area contributed by atoms with E-state index >= 15 is 0 Å². The summed E-state index contributed by atoms with van der Waals surface area (Å²) >= 11 is 5.44. The Balaban J connectivity index is 1.83. The summed E-state index contributed by atoms with van der Waals surface area (Å²) < 4.78 is 40.1. The number of carbonyl (C=O) groups is 1. The standard InChI is InChI=1S/C25H30F2N2O3S/c1-24(2,3)32-23(33)29-13-11-25(12-14-29,19-15-17(26)9-10-20(19)27)16-28-22(30)18-7-5-6-8-21(18)31-4/h5-10,15H,11-14,16H2,1-4H3,(H,28,30). The van der Waals surface area contributed by atoms with Crippen molar-refractivity contribution in [1.29, 1.82) is 0 Å². The third kappa shape index (κ3) is 5.99. The lowest BCUT2D eigenvalue weighted by molar-refractivity contribution is 0.0800. The summed E-state index contributed by atoms with van der Waals surface area (Å²) in [5.41, 5.74) is -0.585. The highest BCUT2D eigenvalue weighted by molar-refractivity contribution is 7.80. The first-order valence-electron chi connectivity index (χ1n) is 10.9. The number of piperidine rings is 1. The summed E-state index contributed by atoms with van der Waals surface area (Å²) in [6.07, 6.45) is 0.931. The normalized spacial score (nSPS) is 15.6. The number of hydrogen-bond donors (Lipinski definition) is 1. The summed E-state index contributed by atoms with van der Waals surface area (Å²) in [5, 5.41) is 3.30. The van der Waals surface area contributed by atoms with E-state index in [2.05, 4.69) is 5.32 Å². The van der Waals surface area contributed by atoms with Crippen LogP contribution in [-0.4, -0.2) is 48.3 Å². The van der Waals surface area contributed by atoms with Gasteiger partial charge in [-0.05, 0) is 81.7 Å². The molecule has 0 radical (unpaired) electrons. The first kappa shape index (κ1) is 24.9. The summed E-state index contributed by atoms with van der Waals surface area (Å²) in [6.45, 7) is 6.89. The molecule has 0 aromatic heterocycles. The summed E-state index contributed by atoms with van der Waals surface area (Å²) in [6, 6.07) is 10.3. The molecule has 1 heterocycles. The molecule has 1 aliphatic heterocycles. The largest absolute Gasteiger partial charge is 0.496 e. The molecule has 8 heteroatoms. The fourth-order valence-corrected chi connectivity index (χ4v) is 4.50. The minimum atomic E-state index is -0.794. The van der Waals surface area contributed by atoms with Crippen molar-refractivity contribution in [2.24, 2.45) is 0 Å². The van der Waals surface area contributed by atoms with E-state index in [4.69, 9.17) is 21.7 Å². The number of thiocarbonyl (C=S) groups is 1. The van der Waals surface area contributed by atoms with Crippen molar-refractivity contribution in [2.75, 3.05) is 26.7 Å². The molecule has 0 spiro atoms. The Kier molecular flexibility index (Phi) is 7.57. The molecular formula is C25H30F2N2O3S. The summed E-state index contributed by atoms with van der Waals surface area (Å²) in [5.74, 6) is -0.904. The van der Waals surface area contributed by atoms with Crippen LogP contribution in [0.4, 0.5) is 8.78 Å². The zero-order valence-electron chi connectivity index (χ0n) is 19.4. The van der Waals surface area contributed by atoms with Crippen molar-refractivity contribution >= 4 is 23.3 Å². The molecule has 0 atom stereocenters. The Bertz CT molecular complexity index is 1010. The van der Waals surface area contributed by atoms with Gasteiger partial charge in [0.25, 0.3) is 11.1 Å². The molecule has 1 aliphatic rings. The first-order chi connectivity index (χ1) is 15.5. The van der Waals surface area contributed by atoms with E-state index in [0.29, 0.717) is 42.4 Å². The molecule has 5 nitrogen and oxygen atoms in total. The van der Waals surface area contributed by atoms with Crippen LogP contribution in [0, 0.1) is 11.6 Å². The van der Waals surface area contributed by atoms with E-state index in [1.165, 1.54) is 13.2 Å². The quantitative estimate of drug-likeness (QED) is 0.626. The monoisotopic (exact) mass is 476 g/mol. The predicted octanol–water partition coefficient (Wildman–Crippen LogP) is 4.84. The Labute approximate surface area is 199 Å². The minimum Gasteiger partial charge on any atom is -0.496 e. The lowest BCUT2D eigenvalue weighted by Gasteiger charge is -2.43. The maximum absolute atomic E-state index is 14.9. The van der Waals surface area contributed by atoms with Gasteiger partial charge in [-0.25, -0.2) is 8.78 Å². The number of carbonyl (C=O) groups excluding carboxylic acids is 1. The molecule has 1 saturated heterocycles. The number of halogens is 2. The van der Waals surface area contributed by atoms with Gasteiger partial charge in [0.05, 0.1) is 12.7 Å². The van der Waals surface area contributed by atoms with E-state index in [0.717, 1.165) is 12.1 Å². The van der Waals surface area contributed by atoms with Crippen LogP contribution in [0.15, 0.2) is 42.5 Å². The van der Waals surface area contributed by atoms with Gasteiger partial charge in [-0.15, -0.1) is 0 Å². The third-order valence-corrected chi connectivity index (χ3v) is 6.15. The molecule has 1 amide bonds. The maximum Gasteiger partial charge on any atom is 0.259 e. The molecule has 2 aromatic carbocycles. The van der Waals surface area contributed by atoms with Crippen LogP contribution in [0.2, 0.25) is 0 Å². The van der Waals surface area contributed by atoms with Crippen LogP contribution < -0.4 is 10.1 Å². The van der Waals surface area contributed by atoms with Crippen molar-refractivity contribution in [2.45, 2.75) is 44.6 Å². The van der Waals surface area contributed by atoms with Gasteiger partial charge < -0.3 is 19.7 Å².